The number of benzene rings is 4. The zero-order chi connectivity index (χ0) is 48.5. The van der Waals surface area contributed by atoms with Crippen molar-refractivity contribution in [3.05, 3.63) is 177 Å². The predicted octanol–water partition coefficient (Wildman–Crippen LogP) is 12.8. The summed E-state index contributed by atoms with van der Waals surface area (Å²) in [5.41, 5.74) is 11.8. The number of carboxylic acid groups (broad SMARTS) is 2. The van der Waals surface area contributed by atoms with Crippen LogP contribution >= 0.6 is 0 Å². The maximum atomic E-state index is 13.3. The molecule has 6 aromatic rings. The van der Waals surface area contributed by atoms with Gasteiger partial charge in [-0.2, -0.15) is 0 Å². The Labute approximate surface area is 401 Å². The zero-order valence-electron chi connectivity index (χ0n) is 40.5. The average molecular weight is 917 g/mol. The second-order valence-corrected chi connectivity index (χ2v) is 19.1. The molecule has 0 unspecified atom stereocenters. The van der Waals surface area contributed by atoms with Gasteiger partial charge >= 0.3 is 11.9 Å². The van der Waals surface area contributed by atoms with Crippen LogP contribution in [0.5, 0.6) is 0 Å². The highest BCUT2D eigenvalue weighted by Crippen LogP contribution is 2.49. The Morgan fingerprint density at radius 3 is 1.26 bits per heavy atom. The van der Waals surface area contributed by atoms with Gasteiger partial charge < -0.3 is 30.0 Å². The van der Waals surface area contributed by atoms with Gasteiger partial charge in [-0.05, 0) is 186 Å². The molecular weight excluding hydrogens is 849 g/mol. The molecule has 68 heavy (non-hydrogen) atoms. The lowest BCUT2D eigenvalue weighted by molar-refractivity contribution is -0.139. The van der Waals surface area contributed by atoms with Gasteiger partial charge in [-0.15, -0.1) is 0 Å². The number of aromatic nitrogens is 2. The van der Waals surface area contributed by atoms with E-state index in [1.807, 2.05) is 74.5 Å². The lowest BCUT2D eigenvalue weighted by Gasteiger charge is -2.20. The van der Waals surface area contributed by atoms with E-state index in [1.165, 1.54) is 22.5 Å². The third kappa shape index (κ3) is 12.4. The summed E-state index contributed by atoms with van der Waals surface area (Å²) in [5, 5.41) is 24.7. The van der Waals surface area contributed by atoms with Crippen LogP contribution in [0.3, 0.4) is 0 Å². The summed E-state index contributed by atoms with van der Waals surface area (Å²) in [4.78, 5) is 49.2. The van der Waals surface area contributed by atoms with Crippen LogP contribution in [0.2, 0.25) is 0 Å². The minimum absolute atomic E-state index is 0.0354. The van der Waals surface area contributed by atoms with Crippen LogP contribution in [0.1, 0.15) is 156 Å². The molecule has 10 nitrogen and oxygen atoms in total. The fourth-order valence-electron chi connectivity index (χ4n) is 9.66. The largest absolute Gasteiger partial charge is 0.481 e. The molecule has 2 saturated carbocycles. The number of carbonyl (C=O) groups is 4. The van der Waals surface area contributed by atoms with E-state index < -0.39 is 11.9 Å². The van der Waals surface area contributed by atoms with Crippen LogP contribution in [0.25, 0.3) is 0 Å². The Balaban J connectivity index is 0.000000201. The van der Waals surface area contributed by atoms with Crippen molar-refractivity contribution in [2.24, 2.45) is 11.8 Å². The number of amides is 2. The van der Waals surface area contributed by atoms with E-state index in [4.69, 9.17) is 0 Å². The molecule has 2 aliphatic rings. The summed E-state index contributed by atoms with van der Waals surface area (Å²) < 4.78 is 4.36. The molecule has 2 aromatic heterocycles. The van der Waals surface area contributed by atoms with E-state index in [-0.39, 0.29) is 47.6 Å². The van der Waals surface area contributed by atoms with Crippen LogP contribution in [-0.2, 0) is 35.3 Å². The fraction of sp³-hybridized carbons (Fsp3) is 0.379. The zero-order valence-corrected chi connectivity index (χ0v) is 40.5. The van der Waals surface area contributed by atoms with Crippen molar-refractivity contribution < 1.29 is 29.4 Å². The molecule has 356 valence electrons. The third-order valence-electron chi connectivity index (χ3n) is 13.8. The number of hydrogen-bond donors (Lipinski definition) is 4. The van der Waals surface area contributed by atoms with Crippen molar-refractivity contribution in [2.45, 2.75) is 130 Å². The molecule has 8 rings (SSSR count). The molecule has 0 aliphatic heterocycles. The highest BCUT2D eigenvalue weighted by molar-refractivity contribution is 6.04. The molecular formula is C58H68N4O6. The van der Waals surface area contributed by atoms with Crippen LogP contribution in [0.15, 0.2) is 121 Å². The first-order valence-corrected chi connectivity index (χ1v) is 24.5. The molecule has 0 saturated heterocycles. The lowest BCUT2D eigenvalue weighted by atomic mass is 10.0. The van der Waals surface area contributed by atoms with Crippen molar-refractivity contribution in [3.8, 4) is 0 Å². The first-order valence-electron chi connectivity index (χ1n) is 24.5. The second-order valence-electron chi connectivity index (χ2n) is 19.1. The van der Waals surface area contributed by atoms with Gasteiger partial charge in [0.25, 0.3) is 11.8 Å². The van der Waals surface area contributed by atoms with Gasteiger partial charge in [0, 0.05) is 34.8 Å². The standard InChI is InChI=1S/2C29H34N2O3/c2*1-4-20(3)31-24(12-8-11-21-9-6-5-7-10-21)13-14-27(31)28(32)30-23-16-19(2)15-22(17-23)25-18-26(25)29(33)34/h2*5-7,9-10,13-17,20,25-26H,4,8,11-12,18H2,1-3H3,(H,30,32)(H,33,34)/t20-,25+,26+;20-,25-,26-/m00/s1. The Kier molecular flexibility index (Phi) is 16.2. The third-order valence-corrected chi connectivity index (χ3v) is 13.8. The summed E-state index contributed by atoms with van der Waals surface area (Å²) in [6.45, 7) is 12.5. The quantitative estimate of drug-likeness (QED) is 0.0601. The number of aliphatic carboxylic acids is 2. The maximum Gasteiger partial charge on any atom is 0.307 e. The van der Waals surface area contributed by atoms with Crippen LogP contribution < -0.4 is 10.6 Å². The van der Waals surface area contributed by atoms with Gasteiger partial charge in [0.2, 0.25) is 0 Å². The van der Waals surface area contributed by atoms with Crippen molar-refractivity contribution in [1.29, 1.82) is 0 Å². The lowest BCUT2D eigenvalue weighted by Crippen LogP contribution is -2.20. The number of rotatable bonds is 20. The Morgan fingerprint density at radius 2 is 0.926 bits per heavy atom. The van der Waals surface area contributed by atoms with Gasteiger partial charge in [0.1, 0.15) is 11.4 Å². The molecule has 0 spiro atoms. The van der Waals surface area contributed by atoms with Gasteiger partial charge in [-0.3, -0.25) is 19.2 Å². The minimum Gasteiger partial charge on any atom is -0.481 e. The second kappa shape index (κ2) is 22.4. The SMILES string of the molecule is CC[C@H](C)n1c(CCCc2ccccc2)ccc1C(=O)Nc1cc(C)cc([C@@H]2C[C@@H]2C(=O)O)c1.CC[C@H](C)n1c(CCCc2ccccc2)ccc1C(=O)Nc1cc(C)cc([C@H]2C[C@H]2C(=O)O)c1. The van der Waals surface area contributed by atoms with Crippen molar-refractivity contribution in [2.75, 3.05) is 10.6 Å². The smallest absolute Gasteiger partial charge is 0.307 e. The van der Waals surface area contributed by atoms with E-state index in [1.54, 1.807) is 0 Å². The molecule has 2 heterocycles. The topological polar surface area (TPSA) is 143 Å². The normalized spacial score (nSPS) is 17.9. The molecule has 2 amide bonds. The van der Waals surface area contributed by atoms with Gasteiger partial charge in [0.15, 0.2) is 0 Å². The predicted molar refractivity (Wildman–Crippen MR) is 271 cm³/mol. The number of nitrogens with one attached hydrogen (secondary N) is 2. The fourth-order valence-corrected chi connectivity index (χ4v) is 9.66. The molecule has 4 N–H and O–H groups in total. The monoisotopic (exact) mass is 917 g/mol. The Morgan fingerprint density at radius 1 is 0.544 bits per heavy atom. The first-order chi connectivity index (χ1) is 32.7. The van der Waals surface area contributed by atoms with E-state index in [9.17, 15) is 29.4 Å². The maximum absolute atomic E-state index is 13.3. The summed E-state index contributed by atoms with van der Waals surface area (Å²) in [5.74, 6) is -2.31. The van der Waals surface area contributed by atoms with Gasteiger partial charge in [0.05, 0.1) is 11.8 Å². The van der Waals surface area contributed by atoms with Crippen LogP contribution in [0.4, 0.5) is 11.4 Å². The first kappa shape index (κ1) is 49.2. The molecule has 0 radical (unpaired) electrons. The highest BCUT2D eigenvalue weighted by Gasteiger charge is 2.45. The van der Waals surface area contributed by atoms with Gasteiger partial charge in [-0.1, -0.05) is 86.6 Å². The molecule has 0 bridgehead atoms. The minimum atomic E-state index is -0.747. The molecule has 6 atom stereocenters. The van der Waals surface area contributed by atoms with E-state index in [0.717, 1.165) is 85.0 Å². The number of hydrogen-bond acceptors (Lipinski definition) is 4. The number of anilines is 2. The number of nitrogens with zero attached hydrogens (tertiary/aromatic N) is 2. The Hall–Kier alpha value is -6.68. The molecule has 10 heteroatoms. The van der Waals surface area contributed by atoms with Crippen LogP contribution in [0, 0.1) is 25.7 Å². The van der Waals surface area contributed by atoms with Crippen LogP contribution in [-0.4, -0.2) is 43.1 Å². The summed E-state index contributed by atoms with van der Waals surface area (Å²) >= 11 is 0. The highest BCUT2D eigenvalue weighted by atomic mass is 16.4. The van der Waals surface area contributed by atoms with E-state index >= 15 is 0 Å². The average Bonchev–Trinajstić information content (AvgIpc) is 4.23. The van der Waals surface area contributed by atoms with E-state index in [0.29, 0.717) is 24.2 Å². The van der Waals surface area contributed by atoms with Crippen molar-refractivity contribution in [3.63, 3.8) is 0 Å². The van der Waals surface area contributed by atoms with E-state index in [2.05, 4.69) is 108 Å². The number of carbonyl (C=O) groups excluding carboxylic acids is 2. The summed E-state index contributed by atoms with van der Waals surface area (Å²) in [6, 6.07) is 41.2. The Bertz CT molecular complexity index is 2520. The number of aryl methyl sites for hydroxylation is 6. The summed E-state index contributed by atoms with van der Waals surface area (Å²) in [6.07, 6.45) is 9.11. The molecule has 2 fully saturated rings. The molecule has 2 aliphatic carbocycles. The van der Waals surface area contributed by atoms with Crippen molar-refractivity contribution >= 4 is 35.1 Å². The molecule has 4 aromatic carbocycles. The van der Waals surface area contributed by atoms with Gasteiger partial charge in [-0.25, -0.2) is 0 Å². The number of carboxylic acids is 2. The summed E-state index contributed by atoms with van der Waals surface area (Å²) in [7, 11) is 0. The van der Waals surface area contributed by atoms with Crippen molar-refractivity contribution in [1.82, 2.24) is 9.13 Å².